The Kier molecular flexibility index (Phi) is 4.79. The van der Waals surface area contributed by atoms with E-state index in [0.717, 1.165) is 31.7 Å². The summed E-state index contributed by atoms with van der Waals surface area (Å²) >= 11 is 0. The van der Waals surface area contributed by atoms with Crippen LogP contribution in [-0.2, 0) is 9.53 Å². The van der Waals surface area contributed by atoms with Crippen molar-refractivity contribution < 1.29 is 14.6 Å². The summed E-state index contributed by atoms with van der Waals surface area (Å²) in [5.41, 5.74) is 3.33. The van der Waals surface area contributed by atoms with Crippen molar-refractivity contribution in [3.63, 3.8) is 0 Å². The molecule has 4 heteroatoms. The predicted octanol–water partition coefficient (Wildman–Crippen LogP) is 2.57. The van der Waals surface area contributed by atoms with Gasteiger partial charge in [0.1, 0.15) is 0 Å². The van der Waals surface area contributed by atoms with Crippen molar-refractivity contribution >= 4 is 17.7 Å². The molecule has 1 aromatic carbocycles. The topological polar surface area (TPSA) is 49.8 Å². The van der Waals surface area contributed by atoms with Crippen molar-refractivity contribution in [1.82, 2.24) is 0 Å². The van der Waals surface area contributed by atoms with Gasteiger partial charge in [-0.1, -0.05) is 6.07 Å². The molecule has 1 unspecified atom stereocenters. The number of aryl methyl sites for hydroxylation is 1. The third-order valence-corrected chi connectivity index (χ3v) is 3.67. The molecule has 0 bridgehead atoms. The van der Waals surface area contributed by atoms with Gasteiger partial charge in [-0.3, -0.25) is 0 Å². The van der Waals surface area contributed by atoms with Gasteiger partial charge in [-0.2, -0.15) is 0 Å². The first-order chi connectivity index (χ1) is 9.60. The van der Waals surface area contributed by atoms with Gasteiger partial charge in [0.05, 0.1) is 6.61 Å². The van der Waals surface area contributed by atoms with Crippen LogP contribution in [0.25, 0.3) is 6.08 Å². The SMILES string of the molecule is COCC1CCN(c2ccc(C=CC(=O)O)cc2C)C1. The molecule has 0 saturated carbocycles. The predicted molar refractivity (Wildman–Crippen MR) is 80.0 cm³/mol. The number of anilines is 1. The Balaban J connectivity index is 2.08. The number of rotatable bonds is 5. The fourth-order valence-corrected chi connectivity index (χ4v) is 2.73. The van der Waals surface area contributed by atoms with Crippen molar-refractivity contribution in [3.05, 3.63) is 35.4 Å². The number of aliphatic carboxylic acids is 1. The third-order valence-electron chi connectivity index (χ3n) is 3.67. The van der Waals surface area contributed by atoms with E-state index in [0.29, 0.717) is 5.92 Å². The fraction of sp³-hybridized carbons (Fsp3) is 0.438. The molecule has 0 radical (unpaired) electrons. The highest BCUT2D eigenvalue weighted by Crippen LogP contribution is 2.27. The highest BCUT2D eigenvalue weighted by molar-refractivity contribution is 5.85. The summed E-state index contributed by atoms with van der Waals surface area (Å²) in [5.74, 6) is -0.320. The molecule has 0 aromatic heterocycles. The number of carboxylic acids is 1. The number of benzene rings is 1. The second-order valence-corrected chi connectivity index (χ2v) is 5.27. The molecule has 1 fully saturated rings. The number of carbonyl (C=O) groups is 1. The van der Waals surface area contributed by atoms with Crippen LogP contribution in [0.1, 0.15) is 17.5 Å². The number of hydrogen-bond acceptors (Lipinski definition) is 3. The summed E-state index contributed by atoms with van der Waals surface area (Å²) in [6, 6.07) is 6.07. The highest BCUT2D eigenvalue weighted by atomic mass is 16.5. The van der Waals surface area contributed by atoms with E-state index in [4.69, 9.17) is 9.84 Å². The molecule has 108 valence electrons. The summed E-state index contributed by atoms with van der Waals surface area (Å²) in [7, 11) is 1.75. The van der Waals surface area contributed by atoms with Crippen LogP contribution in [0, 0.1) is 12.8 Å². The average Bonchev–Trinajstić information content (AvgIpc) is 2.85. The minimum atomic E-state index is -0.923. The Morgan fingerprint density at radius 3 is 3.00 bits per heavy atom. The zero-order chi connectivity index (χ0) is 14.5. The standard InChI is InChI=1S/C16H21NO3/c1-12-9-13(4-6-16(18)19)3-5-15(12)17-8-7-14(10-17)11-20-2/h3-6,9,14H,7-8,10-11H2,1-2H3,(H,18,19). The van der Waals surface area contributed by atoms with E-state index in [-0.39, 0.29) is 0 Å². The molecule has 0 spiro atoms. The average molecular weight is 275 g/mol. The van der Waals surface area contributed by atoms with Crippen LogP contribution in [0.5, 0.6) is 0 Å². The van der Waals surface area contributed by atoms with Crippen molar-refractivity contribution in [2.75, 3.05) is 31.7 Å². The highest BCUT2D eigenvalue weighted by Gasteiger charge is 2.23. The summed E-state index contributed by atoms with van der Waals surface area (Å²) in [4.78, 5) is 12.9. The zero-order valence-electron chi connectivity index (χ0n) is 12.0. The largest absolute Gasteiger partial charge is 0.478 e. The first kappa shape index (κ1) is 14.6. The van der Waals surface area contributed by atoms with Gasteiger partial charge >= 0.3 is 5.97 Å². The van der Waals surface area contributed by atoms with Crippen molar-refractivity contribution in [2.24, 2.45) is 5.92 Å². The quantitative estimate of drug-likeness (QED) is 0.839. The molecule has 4 nitrogen and oxygen atoms in total. The first-order valence-corrected chi connectivity index (χ1v) is 6.85. The smallest absolute Gasteiger partial charge is 0.328 e. The zero-order valence-corrected chi connectivity index (χ0v) is 12.0. The molecule has 1 atom stereocenters. The number of hydrogen-bond donors (Lipinski definition) is 1. The molecule has 0 amide bonds. The van der Waals surface area contributed by atoms with Gasteiger partial charge in [0.15, 0.2) is 0 Å². The molecule has 1 heterocycles. The fourth-order valence-electron chi connectivity index (χ4n) is 2.73. The molecule has 0 aliphatic carbocycles. The van der Waals surface area contributed by atoms with Gasteiger partial charge in [-0.15, -0.1) is 0 Å². The second-order valence-electron chi connectivity index (χ2n) is 5.27. The number of carboxylic acid groups (broad SMARTS) is 1. The van der Waals surface area contributed by atoms with Crippen LogP contribution in [-0.4, -0.2) is 37.9 Å². The van der Waals surface area contributed by atoms with E-state index in [1.807, 2.05) is 12.1 Å². The number of ether oxygens (including phenoxy) is 1. The third kappa shape index (κ3) is 3.61. The molecule has 1 aromatic rings. The van der Waals surface area contributed by atoms with Crippen LogP contribution in [0.4, 0.5) is 5.69 Å². The van der Waals surface area contributed by atoms with Crippen LogP contribution in [0.3, 0.4) is 0 Å². The maximum Gasteiger partial charge on any atom is 0.328 e. The van der Waals surface area contributed by atoms with Crippen LogP contribution in [0.15, 0.2) is 24.3 Å². The van der Waals surface area contributed by atoms with Crippen molar-refractivity contribution in [2.45, 2.75) is 13.3 Å². The minimum absolute atomic E-state index is 0.603. The van der Waals surface area contributed by atoms with E-state index in [1.54, 1.807) is 13.2 Å². The van der Waals surface area contributed by atoms with Crippen LogP contribution in [0.2, 0.25) is 0 Å². The summed E-state index contributed by atoms with van der Waals surface area (Å²) in [5, 5.41) is 8.64. The van der Waals surface area contributed by atoms with Crippen LogP contribution < -0.4 is 4.90 Å². The molecule has 1 aliphatic rings. The molecule has 1 saturated heterocycles. The summed E-state index contributed by atoms with van der Waals surface area (Å²) in [6.07, 6.45) is 3.95. The molecule has 2 rings (SSSR count). The van der Waals surface area contributed by atoms with E-state index in [9.17, 15) is 4.79 Å². The Morgan fingerprint density at radius 1 is 1.55 bits per heavy atom. The summed E-state index contributed by atoms with van der Waals surface area (Å²) < 4.78 is 5.22. The van der Waals surface area contributed by atoms with Gasteiger partial charge in [-0.25, -0.2) is 4.79 Å². The van der Waals surface area contributed by atoms with Crippen molar-refractivity contribution in [3.8, 4) is 0 Å². The normalized spacial score (nSPS) is 18.9. The second kappa shape index (κ2) is 6.57. The van der Waals surface area contributed by atoms with Gasteiger partial charge in [0.25, 0.3) is 0 Å². The van der Waals surface area contributed by atoms with Crippen LogP contribution >= 0.6 is 0 Å². The molecular weight excluding hydrogens is 254 g/mol. The maximum atomic E-state index is 10.5. The van der Waals surface area contributed by atoms with Gasteiger partial charge in [0, 0.05) is 37.9 Å². The monoisotopic (exact) mass is 275 g/mol. The lowest BCUT2D eigenvalue weighted by atomic mass is 10.1. The first-order valence-electron chi connectivity index (χ1n) is 6.85. The lowest BCUT2D eigenvalue weighted by molar-refractivity contribution is -0.131. The number of nitrogens with zero attached hydrogens (tertiary/aromatic N) is 1. The van der Waals surface area contributed by atoms with Gasteiger partial charge in [0.2, 0.25) is 0 Å². The maximum absolute atomic E-state index is 10.5. The molecule has 20 heavy (non-hydrogen) atoms. The Bertz CT molecular complexity index is 510. The Labute approximate surface area is 119 Å². The number of methoxy groups -OCH3 is 1. The Hall–Kier alpha value is -1.81. The lowest BCUT2D eigenvalue weighted by Gasteiger charge is -2.21. The Morgan fingerprint density at radius 2 is 2.35 bits per heavy atom. The molecule has 1 aliphatic heterocycles. The summed E-state index contributed by atoms with van der Waals surface area (Å²) in [6.45, 7) is 4.96. The van der Waals surface area contributed by atoms with Crippen molar-refractivity contribution in [1.29, 1.82) is 0 Å². The molecular formula is C16H21NO3. The van der Waals surface area contributed by atoms with Gasteiger partial charge in [-0.05, 0) is 42.7 Å². The van der Waals surface area contributed by atoms with E-state index in [2.05, 4.69) is 17.9 Å². The lowest BCUT2D eigenvalue weighted by Crippen LogP contribution is -2.21. The van der Waals surface area contributed by atoms with E-state index >= 15 is 0 Å². The molecule has 1 N–H and O–H groups in total. The minimum Gasteiger partial charge on any atom is -0.478 e. The van der Waals surface area contributed by atoms with E-state index in [1.165, 1.54) is 17.3 Å². The van der Waals surface area contributed by atoms with E-state index < -0.39 is 5.97 Å². The van der Waals surface area contributed by atoms with Gasteiger partial charge < -0.3 is 14.7 Å².